The van der Waals surface area contributed by atoms with Gasteiger partial charge in [0.15, 0.2) is 0 Å². The second kappa shape index (κ2) is 8.03. The van der Waals surface area contributed by atoms with Crippen LogP contribution in [-0.4, -0.2) is 51.2 Å². The van der Waals surface area contributed by atoms with Gasteiger partial charge in [-0.25, -0.2) is 0 Å². The van der Waals surface area contributed by atoms with E-state index in [9.17, 15) is 0 Å². The van der Waals surface area contributed by atoms with Crippen molar-refractivity contribution in [2.45, 2.75) is 58.0 Å². The second-order valence-electron chi connectivity index (χ2n) is 4.64. The van der Waals surface area contributed by atoms with E-state index in [0.717, 1.165) is 26.0 Å². The van der Waals surface area contributed by atoms with E-state index < -0.39 is 0 Å². The van der Waals surface area contributed by atoms with Gasteiger partial charge in [-0.1, -0.05) is 6.92 Å². The molecule has 0 radical (unpaired) electrons. The fraction of sp³-hybridized carbons (Fsp3) is 1.00. The number of ether oxygens (including phenoxy) is 3. The molecule has 0 aliphatic heterocycles. The maximum Gasteiger partial charge on any atom is 0.0987 e. The Kier molecular flexibility index (Phi) is 7.04. The van der Waals surface area contributed by atoms with Crippen molar-refractivity contribution in [2.24, 2.45) is 0 Å². The summed E-state index contributed by atoms with van der Waals surface area (Å²) in [6, 6.07) is 0.448. The van der Waals surface area contributed by atoms with Crippen molar-refractivity contribution in [3.63, 3.8) is 0 Å². The van der Waals surface area contributed by atoms with Gasteiger partial charge in [0.25, 0.3) is 0 Å². The highest BCUT2D eigenvalue weighted by Gasteiger charge is 2.42. The summed E-state index contributed by atoms with van der Waals surface area (Å²) in [4.78, 5) is 0. The minimum absolute atomic E-state index is 0.143. The zero-order valence-electron chi connectivity index (χ0n) is 11.6. The minimum Gasteiger partial charge on any atom is -0.379 e. The topological polar surface area (TPSA) is 39.7 Å². The zero-order valence-corrected chi connectivity index (χ0v) is 11.6. The van der Waals surface area contributed by atoms with E-state index in [-0.39, 0.29) is 18.3 Å². The van der Waals surface area contributed by atoms with Gasteiger partial charge in [-0.05, 0) is 33.2 Å². The van der Waals surface area contributed by atoms with E-state index in [0.29, 0.717) is 12.6 Å². The van der Waals surface area contributed by atoms with Crippen molar-refractivity contribution in [2.75, 3.05) is 26.9 Å². The normalized spacial score (nSPS) is 30.0. The van der Waals surface area contributed by atoms with E-state index in [1.807, 2.05) is 6.92 Å². The summed E-state index contributed by atoms with van der Waals surface area (Å²) in [6.07, 6.45) is 2.73. The van der Waals surface area contributed by atoms with Gasteiger partial charge in [0.2, 0.25) is 0 Å². The molecule has 4 nitrogen and oxygen atoms in total. The molecule has 0 amide bonds. The van der Waals surface area contributed by atoms with Crippen molar-refractivity contribution < 1.29 is 14.2 Å². The van der Waals surface area contributed by atoms with Crippen LogP contribution in [0.2, 0.25) is 0 Å². The molecule has 1 aliphatic rings. The molecule has 0 bridgehead atoms. The molecule has 0 spiro atoms. The smallest absolute Gasteiger partial charge is 0.0987 e. The molecule has 1 aliphatic carbocycles. The Bertz CT molecular complexity index is 201. The lowest BCUT2D eigenvalue weighted by Gasteiger charge is -2.44. The number of rotatable bonds is 9. The number of hydrogen-bond acceptors (Lipinski definition) is 4. The number of methoxy groups -OCH3 is 1. The van der Waals surface area contributed by atoms with Gasteiger partial charge in [0, 0.05) is 19.8 Å². The lowest BCUT2D eigenvalue weighted by molar-refractivity contribution is -0.163. The maximum absolute atomic E-state index is 5.91. The van der Waals surface area contributed by atoms with Crippen LogP contribution < -0.4 is 5.32 Å². The van der Waals surface area contributed by atoms with Gasteiger partial charge in [-0.2, -0.15) is 0 Å². The standard InChI is InChI=1S/C13H27NO3/c1-5-7-14-11-8-12(13(11)15-4)17-10(3)9-16-6-2/h10-14H,5-9H2,1-4H3. The molecule has 1 rings (SSSR count). The number of nitrogens with one attached hydrogen (secondary N) is 1. The first-order chi connectivity index (χ1) is 8.22. The molecule has 0 aromatic rings. The summed E-state index contributed by atoms with van der Waals surface area (Å²) in [5.41, 5.74) is 0. The second-order valence-corrected chi connectivity index (χ2v) is 4.64. The number of hydrogen-bond donors (Lipinski definition) is 1. The molecule has 0 heterocycles. The highest BCUT2D eigenvalue weighted by atomic mass is 16.6. The van der Waals surface area contributed by atoms with Crippen LogP contribution >= 0.6 is 0 Å². The third-order valence-electron chi connectivity index (χ3n) is 3.14. The van der Waals surface area contributed by atoms with Gasteiger partial charge < -0.3 is 19.5 Å². The van der Waals surface area contributed by atoms with Crippen molar-refractivity contribution >= 4 is 0 Å². The predicted octanol–water partition coefficient (Wildman–Crippen LogP) is 1.58. The van der Waals surface area contributed by atoms with Crippen molar-refractivity contribution in [1.82, 2.24) is 5.32 Å². The molecule has 4 heteroatoms. The van der Waals surface area contributed by atoms with Crippen LogP contribution in [0.25, 0.3) is 0 Å². The third kappa shape index (κ3) is 4.54. The van der Waals surface area contributed by atoms with E-state index >= 15 is 0 Å². The third-order valence-corrected chi connectivity index (χ3v) is 3.14. The molecule has 0 aromatic carbocycles. The zero-order chi connectivity index (χ0) is 12.7. The molecule has 1 N–H and O–H groups in total. The molecule has 0 aromatic heterocycles. The average Bonchev–Trinajstić information content (AvgIpc) is 2.30. The Balaban J connectivity index is 2.22. The van der Waals surface area contributed by atoms with Crippen LogP contribution in [0.3, 0.4) is 0 Å². The van der Waals surface area contributed by atoms with E-state index in [1.54, 1.807) is 7.11 Å². The van der Waals surface area contributed by atoms with Crippen molar-refractivity contribution in [3.05, 3.63) is 0 Å². The van der Waals surface area contributed by atoms with Gasteiger partial charge in [0.05, 0.1) is 24.9 Å². The largest absolute Gasteiger partial charge is 0.379 e. The summed E-state index contributed by atoms with van der Waals surface area (Å²) in [5, 5.41) is 3.48. The summed E-state index contributed by atoms with van der Waals surface area (Å²) < 4.78 is 16.7. The summed E-state index contributed by atoms with van der Waals surface area (Å²) in [6.45, 7) is 8.68. The highest BCUT2D eigenvalue weighted by molar-refractivity contribution is 4.97. The molecular formula is C13H27NO3. The van der Waals surface area contributed by atoms with Gasteiger partial charge in [0.1, 0.15) is 0 Å². The Hall–Kier alpha value is -0.160. The van der Waals surface area contributed by atoms with Gasteiger partial charge >= 0.3 is 0 Å². The van der Waals surface area contributed by atoms with E-state index in [4.69, 9.17) is 14.2 Å². The first-order valence-electron chi connectivity index (χ1n) is 6.72. The van der Waals surface area contributed by atoms with Crippen LogP contribution in [0.15, 0.2) is 0 Å². The van der Waals surface area contributed by atoms with Crippen molar-refractivity contribution in [1.29, 1.82) is 0 Å². The van der Waals surface area contributed by atoms with Crippen LogP contribution in [-0.2, 0) is 14.2 Å². The van der Waals surface area contributed by atoms with E-state index in [1.165, 1.54) is 0 Å². The molecule has 4 atom stereocenters. The highest BCUT2D eigenvalue weighted by Crippen LogP contribution is 2.28. The molecule has 1 saturated carbocycles. The van der Waals surface area contributed by atoms with Crippen LogP contribution in [0, 0.1) is 0 Å². The average molecular weight is 245 g/mol. The van der Waals surface area contributed by atoms with Crippen LogP contribution in [0.4, 0.5) is 0 Å². The fourth-order valence-corrected chi connectivity index (χ4v) is 2.18. The first-order valence-corrected chi connectivity index (χ1v) is 6.72. The first kappa shape index (κ1) is 14.9. The molecule has 102 valence electrons. The quantitative estimate of drug-likeness (QED) is 0.669. The Morgan fingerprint density at radius 2 is 2.12 bits per heavy atom. The fourth-order valence-electron chi connectivity index (χ4n) is 2.18. The van der Waals surface area contributed by atoms with Crippen LogP contribution in [0.1, 0.15) is 33.6 Å². The molecule has 4 unspecified atom stereocenters. The Morgan fingerprint density at radius 1 is 1.35 bits per heavy atom. The van der Waals surface area contributed by atoms with Crippen LogP contribution in [0.5, 0.6) is 0 Å². The molecule has 17 heavy (non-hydrogen) atoms. The maximum atomic E-state index is 5.91. The Labute approximate surface area is 105 Å². The minimum atomic E-state index is 0.143. The van der Waals surface area contributed by atoms with E-state index in [2.05, 4.69) is 19.2 Å². The Morgan fingerprint density at radius 3 is 2.71 bits per heavy atom. The molecular weight excluding hydrogens is 218 g/mol. The monoisotopic (exact) mass is 245 g/mol. The van der Waals surface area contributed by atoms with Crippen molar-refractivity contribution in [3.8, 4) is 0 Å². The van der Waals surface area contributed by atoms with Gasteiger partial charge in [-0.3, -0.25) is 0 Å². The predicted molar refractivity (Wildman–Crippen MR) is 68.3 cm³/mol. The molecule has 0 saturated heterocycles. The SMILES string of the molecule is CCCNC1CC(OC(C)COCC)C1OC. The molecule has 1 fully saturated rings. The lowest BCUT2D eigenvalue weighted by Crippen LogP contribution is -2.60. The summed E-state index contributed by atoms with van der Waals surface area (Å²) in [5.74, 6) is 0. The summed E-state index contributed by atoms with van der Waals surface area (Å²) in [7, 11) is 1.76. The van der Waals surface area contributed by atoms with Gasteiger partial charge in [-0.15, -0.1) is 0 Å². The summed E-state index contributed by atoms with van der Waals surface area (Å²) >= 11 is 0. The lowest BCUT2D eigenvalue weighted by atomic mass is 9.85.